The van der Waals surface area contributed by atoms with E-state index in [9.17, 15) is 4.79 Å². The average molecular weight is 261 g/mol. The molecule has 0 saturated carbocycles. The summed E-state index contributed by atoms with van der Waals surface area (Å²) in [5.41, 5.74) is 7.74. The van der Waals surface area contributed by atoms with Gasteiger partial charge < -0.3 is 11.1 Å². The second-order valence-electron chi connectivity index (χ2n) is 4.29. The standard InChI is InChI=1S/C13H15N3OS/c1-8(2)12-16-11(7-18-12)9-3-5-10(6-4-9)15-13(14)17/h3-8H,1-2H3,(H3,14,15,17). The summed E-state index contributed by atoms with van der Waals surface area (Å²) in [7, 11) is 0. The number of thiazole rings is 1. The maximum Gasteiger partial charge on any atom is 0.316 e. The topological polar surface area (TPSA) is 68.0 Å². The van der Waals surface area contributed by atoms with Crippen molar-refractivity contribution in [1.82, 2.24) is 4.98 Å². The first-order chi connectivity index (χ1) is 8.56. The SMILES string of the molecule is CC(C)c1nc(-c2ccc(NC(N)=O)cc2)cs1. The number of nitrogens with zero attached hydrogens (tertiary/aromatic N) is 1. The molecule has 0 atom stereocenters. The molecular formula is C13H15N3OS. The van der Waals surface area contributed by atoms with Crippen LogP contribution in [0.3, 0.4) is 0 Å². The van der Waals surface area contributed by atoms with Crippen LogP contribution in [0.25, 0.3) is 11.3 Å². The Kier molecular flexibility index (Phi) is 3.62. The molecule has 0 aliphatic carbocycles. The van der Waals surface area contributed by atoms with Gasteiger partial charge in [0.1, 0.15) is 0 Å². The molecule has 0 saturated heterocycles. The Balaban J connectivity index is 2.20. The zero-order valence-electron chi connectivity index (χ0n) is 10.3. The summed E-state index contributed by atoms with van der Waals surface area (Å²) < 4.78 is 0. The molecule has 2 amide bonds. The molecule has 0 bridgehead atoms. The molecule has 18 heavy (non-hydrogen) atoms. The number of hydrogen-bond donors (Lipinski definition) is 2. The third kappa shape index (κ3) is 2.87. The molecule has 0 radical (unpaired) electrons. The van der Waals surface area contributed by atoms with Gasteiger partial charge in [-0.3, -0.25) is 0 Å². The van der Waals surface area contributed by atoms with Crippen LogP contribution in [0, 0.1) is 0 Å². The van der Waals surface area contributed by atoms with E-state index in [4.69, 9.17) is 5.73 Å². The summed E-state index contributed by atoms with van der Waals surface area (Å²) in [6.07, 6.45) is 0. The first-order valence-electron chi connectivity index (χ1n) is 5.68. The fourth-order valence-corrected chi connectivity index (χ4v) is 2.40. The Morgan fingerprint density at radius 1 is 1.33 bits per heavy atom. The highest BCUT2D eigenvalue weighted by atomic mass is 32.1. The lowest BCUT2D eigenvalue weighted by Crippen LogP contribution is -2.19. The largest absolute Gasteiger partial charge is 0.351 e. The minimum Gasteiger partial charge on any atom is -0.351 e. The number of carbonyl (C=O) groups excluding carboxylic acids is 1. The first kappa shape index (κ1) is 12.6. The Morgan fingerprint density at radius 3 is 2.50 bits per heavy atom. The molecule has 0 aliphatic heterocycles. The molecule has 1 aromatic carbocycles. The number of amides is 2. The summed E-state index contributed by atoms with van der Waals surface area (Å²) >= 11 is 1.67. The van der Waals surface area contributed by atoms with Crippen molar-refractivity contribution in [3.05, 3.63) is 34.7 Å². The van der Waals surface area contributed by atoms with E-state index in [1.165, 1.54) is 0 Å². The van der Waals surface area contributed by atoms with Crippen LogP contribution in [0.2, 0.25) is 0 Å². The predicted octanol–water partition coefficient (Wildman–Crippen LogP) is 3.42. The molecule has 0 aliphatic rings. The number of carbonyl (C=O) groups is 1. The van der Waals surface area contributed by atoms with Crippen molar-refractivity contribution in [1.29, 1.82) is 0 Å². The van der Waals surface area contributed by atoms with Gasteiger partial charge in [-0.1, -0.05) is 26.0 Å². The molecule has 4 nitrogen and oxygen atoms in total. The van der Waals surface area contributed by atoms with Crippen molar-refractivity contribution in [2.75, 3.05) is 5.32 Å². The van der Waals surface area contributed by atoms with Crippen LogP contribution in [0.1, 0.15) is 24.8 Å². The van der Waals surface area contributed by atoms with E-state index in [0.29, 0.717) is 11.6 Å². The summed E-state index contributed by atoms with van der Waals surface area (Å²) in [5.74, 6) is 0.444. The maximum absolute atomic E-state index is 10.7. The molecule has 1 aromatic heterocycles. The van der Waals surface area contributed by atoms with Gasteiger partial charge in [0.2, 0.25) is 0 Å². The van der Waals surface area contributed by atoms with Crippen LogP contribution < -0.4 is 11.1 Å². The van der Waals surface area contributed by atoms with Gasteiger partial charge in [0.25, 0.3) is 0 Å². The van der Waals surface area contributed by atoms with Gasteiger partial charge in [0.15, 0.2) is 0 Å². The zero-order valence-corrected chi connectivity index (χ0v) is 11.1. The maximum atomic E-state index is 10.7. The van der Waals surface area contributed by atoms with E-state index < -0.39 is 6.03 Å². The van der Waals surface area contributed by atoms with Gasteiger partial charge in [0.05, 0.1) is 10.7 Å². The molecule has 0 unspecified atom stereocenters. The number of hydrogen-bond acceptors (Lipinski definition) is 3. The summed E-state index contributed by atoms with van der Waals surface area (Å²) in [6, 6.07) is 6.91. The predicted molar refractivity (Wildman–Crippen MR) is 74.8 cm³/mol. The van der Waals surface area contributed by atoms with E-state index in [1.807, 2.05) is 29.6 Å². The number of aromatic nitrogens is 1. The molecule has 0 spiro atoms. The molecule has 94 valence electrons. The van der Waals surface area contributed by atoms with Crippen LogP contribution in [0.15, 0.2) is 29.6 Å². The molecular weight excluding hydrogens is 246 g/mol. The van der Waals surface area contributed by atoms with Gasteiger partial charge in [-0.25, -0.2) is 9.78 Å². The monoisotopic (exact) mass is 261 g/mol. The van der Waals surface area contributed by atoms with E-state index >= 15 is 0 Å². The molecule has 2 rings (SSSR count). The lowest BCUT2D eigenvalue weighted by molar-refractivity contribution is 0.259. The van der Waals surface area contributed by atoms with Crippen LogP contribution in [0.5, 0.6) is 0 Å². The normalized spacial score (nSPS) is 10.6. The number of benzene rings is 1. The van der Waals surface area contributed by atoms with Crippen molar-refractivity contribution in [2.24, 2.45) is 5.73 Å². The number of anilines is 1. The Bertz CT molecular complexity index is 546. The number of nitrogens with one attached hydrogen (secondary N) is 1. The minimum absolute atomic E-state index is 0.444. The Hall–Kier alpha value is -1.88. The number of primary amides is 1. The summed E-state index contributed by atoms with van der Waals surface area (Å²) in [4.78, 5) is 15.3. The molecule has 1 heterocycles. The Labute approximate surface area is 110 Å². The lowest BCUT2D eigenvalue weighted by atomic mass is 10.1. The van der Waals surface area contributed by atoms with Gasteiger partial charge in [-0.2, -0.15) is 0 Å². The van der Waals surface area contributed by atoms with Crippen molar-refractivity contribution >= 4 is 23.1 Å². The fourth-order valence-electron chi connectivity index (χ4n) is 1.55. The van der Waals surface area contributed by atoms with Crippen LogP contribution in [0.4, 0.5) is 10.5 Å². The number of urea groups is 1. The first-order valence-corrected chi connectivity index (χ1v) is 6.56. The highest BCUT2D eigenvalue weighted by Gasteiger charge is 2.07. The van der Waals surface area contributed by atoms with E-state index in [0.717, 1.165) is 16.3 Å². The van der Waals surface area contributed by atoms with Crippen LogP contribution in [-0.2, 0) is 0 Å². The highest BCUT2D eigenvalue weighted by Crippen LogP contribution is 2.26. The van der Waals surface area contributed by atoms with Gasteiger partial charge in [0, 0.05) is 22.5 Å². The van der Waals surface area contributed by atoms with E-state index in [2.05, 4.69) is 24.1 Å². The summed E-state index contributed by atoms with van der Waals surface area (Å²) in [5, 5.41) is 5.70. The fraction of sp³-hybridized carbons (Fsp3) is 0.231. The smallest absolute Gasteiger partial charge is 0.316 e. The quantitative estimate of drug-likeness (QED) is 0.888. The van der Waals surface area contributed by atoms with Gasteiger partial charge >= 0.3 is 6.03 Å². The second kappa shape index (κ2) is 5.18. The Morgan fingerprint density at radius 2 is 2.00 bits per heavy atom. The third-order valence-corrected chi connectivity index (χ3v) is 3.61. The van der Waals surface area contributed by atoms with Crippen molar-refractivity contribution in [3.63, 3.8) is 0 Å². The van der Waals surface area contributed by atoms with E-state index in [-0.39, 0.29) is 0 Å². The van der Waals surface area contributed by atoms with Gasteiger partial charge in [-0.05, 0) is 12.1 Å². The van der Waals surface area contributed by atoms with Gasteiger partial charge in [-0.15, -0.1) is 11.3 Å². The van der Waals surface area contributed by atoms with Crippen molar-refractivity contribution < 1.29 is 4.79 Å². The van der Waals surface area contributed by atoms with Crippen molar-refractivity contribution in [2.45, 2.75) is 19.8 Å². The minimum atomic E-state index is -0.557. The number of rotatable bonds is 3. The van der Waals surface area contributed by atoms with Crippen LogP contribution >= 0.6 is 11.3 Å². The number of nitrogens with two attached hydrogens (primary N) is 1. The highest BCUT2D eigenvalue weighted by molar-refractivity contribution is 7.10. The van der Waals surface area contributed by atoms with E-state index in [1.54, 1.807) is 11.3 Å². The molecule has 0 fully saturated rings. The van der Waals surface area contributed by atoms with Crippen LogP contribution in [-0.4, -0.2) is 11.0 Å². The summed E-state index contributed by atoms with van der Waals surface area (Å²) in [6.45, 7) is 4.25. The average Bonchev–Trinajstić information content (AvgIpc) is 2.78. The zero-order chi connectivity index (χ0) is 13.1. The molecule has 3 N–H and O–H groups in total. The second-order valence-corrected chi connectivity index (χ2v) is 5.18. The molecule has 2 aromatic rings. The lowest BCUT2D eigenvalue weighted by Gasteiger charge is -2.02. The van der Waals surface area contributed by atoms with Crippen molar-refractivity contribution in [3.8, 4) is 11.3 Å². The third-order valence-electron chi connectivity index (χ3n) is 2.46. The molecule has 5 heteroatoms.